The minimum absolute atomic E-state index is 0.255. The number of nitrogens with one attached hydrogen (secondary N) is 2. The number of aromatic amines is 2. The van der Waals surface area contributed by atoms with Crippen LogP contribution >= 0.6 is 11.8 Å². The van der Waals surface area contributed by atoms with Crippen LogP contribution in [0.25, 0.3) is 0 Å². The first-order valence-corrected chi connectivity index (χ1v) is 5.22. The summed E-state index contributed by atoms with van der Waals surface area (Å²) in [5.41, 5.74) is -0.255. The van der Waals surface area contributed by atoms with Crippen molar-refractivity contribution >= 4 is 11.8 Å². The first-order valence-electron chi connectivity index (χ1n) is 4.24. The van der Waals surface area contributed by atoms with Gasteiger partial charge in [0.25, 0.3) is 0 Å². The number of rotatable bonds is 3. The van der Waals surface area contributed by atoms with E-state index in [2.05, 4.69) is 15.2 Å². The van der Waals surface area contributed by atoms with E-state index in [1.54, 1.807) is 0 Å². The molecule has 1 fully saturated rings. The second kappa shape index (κ2) is 3.97. The molecule has 1 aromatic rings. The third-order valence-electron chi connectivity index (χ3n) is 1.91. The molecule has 2 rings (SSSR count). The Morgan fingerprint density at radius 1 is 1.69 bits per heavy atom. The summed E-state index contributed by atoms with van der Waals surface area (Å²) in [5.74, 6) is 0.862. The molecular formula is C7H11N3O2S. The largest absolute Gasteiger partial charge is 0.377 e. The second-order valence-electron chi connectivity index (χ2n) is 2.93. The quantitative estimate of drug-likeness (QED) is 0.693. The molecule has 1 atom stereocenters. The zero-order chi connectivity index (χ0) is 9.10. The highest BCUT2D eigenvalue weighted by molar-refractivity contribution is 7.99. The molecule has 13 heavy (non-hydrogen) atoms. The highest BCUT2D eigenvalue weighted by Gasteiger charge is 2.16. The lowest BCUT2D eigenvalue weighted by Crippen LogP contribution is -2.08. The Balaban J connectivity index is 1.82. The Labute approximate surface area is 79.3 Å². The van der Waals surface area contributed by atoms with E-state index in [1.165, 1.54) is 11.8 Å². The molecule has 0 spiro atoms. The molecule has 1 unspecified atom stereocenters. The Kier molecular flexibility index (Phi) is 2.70. The van der Waals surface area contributed by atoms with Gasteiger partial charge in [0.1, 0.15) is 0 Å². The van der Waals surface area contributed by atoms with Crippen LogP contribution in [0.3, 0.4) is 0 Å². The summed E-state index contributed by atoms with van der Waals surface area (Å²) in [6.07, 6.45) is 2.58. The zero-order valence-corrected chi connectivity index (χ0v) is 7.89. The lowest BCUT2D eigenvalue weighted by atomic mass is 10.3. The van der Waals surface area contributed by atoms with E-state index in [1.807, 2.05) is 0 Å². The number of thioether (sulfide) groups is 1. The monoisotopic (exact) mass is 201 g/mol. The Morgan fingerprint density at radius 3 is 3.23 bits per heavy atom. The summed E-state index contributed by atoms with van der Waals surface area (Å²) >= 11 is 1.52. The Bertz CT molecular complexity index is 316. The predicted molar refractivity (Wildman–Crippen MR) is 48.9 cm³/mol. The number of hydrogen-bond acceptors (Lipinski definition) is 4. The molecular weight excluding hydrogens is 190 g/mol. The predicted octanol–water partition coefficient (Wildman–Crippen LogP) is 0.369. The maximum Gasteiger partial charge on any atom is 0.341 e. The van der Waals surface area contributed by atoms with Crippen molar-refractivity contribution in [2.45, 2.75) is 24.1 Å². The molecule has 1 saturated heterocycles. The molecule has 0 saturated carbocycles. The molecule has 0 bridgehead atoms. The van der Waals surface area contributed by atoms with Gasteiger partial charge in [-0.15, -0.1) is 5.10 Å². The SMILES string of the molecule is O=c1[nH]nc(SCC2CCCO2)[nH]1. The van der Waals surface area contributed by atoms with E-state index in [0.717, 1.165) is 25.2 Å². The second-order valence-corrected chi connectivity index (χ2v) is 3.94. The van der Waals surface area contributed by atoms with E-state index >= 15 is 0 Å². The maximum atomic E-state index is 10.7. The lowest BCUT2D eigenvalue weighted by molar-refractivity contribution is 0.129. The van der Waals surface area contributed by atoms with Gasteiger partial charge in [-0.05, 0) is 12.8 Å². The third kappa shape index (κ3) is 2.35. The van der Waals surface area contributed by atoms with Gasteiger partial charge in [-0.2, -0.15) is 0 Å². The molecule has 2 N–H and O–H groups in total. The molecule has 1 aromatic heterocycles. The molecule has 2 heterocycles. The Morgan fingerprint density at radius 2 is 2.62 bits per heavy atom. The fourth-order valence-electron chi connectivity index (χ4n) is 1.27. The molecule has 1 aliphatic rings. The normalized spacial score (nSPS) is 22.3. The molecule has 5 nitrogen and oxygen atoms in total. The lowest BCUT2D eigenvalue weighted by Gasteiger charge is -2.05. The van der Waals surface area contributed by atoms with E-state index in [-0.39, 0.29) is 5.69 Å². The summed E-state index contributed by atoms with van der Waals surface area (Å²) in [6.45, 7) is 0.863. The van der Waals surface area contributed by atoms with Gasteiger partial charge in [0.2, 0.25) is 0 Å². The van der Waals surface area contributed by atoms with Crippen molar-refractivity contribution in [1.29, 1.82) is 0 Å². The number of hydrogen-bond donors (Lipinski definition) is 2. The van der Waals surface area contributed by atoms with Crippen LogP contribution < -0.4 is 5.69 Å². The van der Waals surface area contributed by atoms with Gasteiger partial charge < -0.3 is 4.74 Å². The minimum Gasteiger partial charge on any atom is -0.377 e. The smallest absolute Gasteiger partial charge is 0.341 e. The molecule has 72 valence electrons. The average Bonchev–Trinajstić information content (AvgIpc) is 2.71. The van der Waals surface area contributed by atoms with Crippen LogP contribution in [0, 0.1) is 0 Å². The van der Waals surface area contributed by atoms with Gasteiger partial charge in [0.05, 0.1) is 6.10 Å². The number of aromatic nitrogens is 3. The van der Waals surface area contributed by atoms with Crippen molar-refractivity contribution < 1.29 is 4.74 Å². The molecule has 0 aromatic carbocycles. The summed E-state index contributed by atoms with van der Waals surface area (Å²) in [7, 11) is 0. The van der Waals surface area contributed by atoms with Crippen molar-refractivity contribution in [3.8, 4) is 0 Å². The highest BCUT2D eigenvalue weighted by Crippen LogP contribution is 2.19. The van der Waals surface area contributed by atoms with Gasteiger partial charge in [0, 0.05) is 12.4 Å². The van der Waals surface area contributed by atoms with Gasteiger partial charge in [-0.3, -0.25) is 4.98 Å². The highest BCUT2D eigenvalue weighted by atomic mass is 32.2. The fraction of sp³-hybridized carbons (Fsp3) is 0.714. The molecule has 6 heteroatoms. The standard InChI is InChI=1S/C7H11N3O2S/c11-6-8-7(10-9-6)13-4-5-2-1-3-12-5/h5H,1-4H2,(H2,8,9,10,11). The Hall–Kier alpha value is -0.750. The van der Waals surface area contributed by atoms with E-state index in [4.69, 9.17) is 4.74 Å². The van der Waals surface area contributed by atoms with Crippen LogP contribution in [0.4, 0.5) is 0 Å². The number of H-pyrrole nitrogens is 2. The summed E-state index contributed by atoms with van der Waals surface area (Å²) in [6, 6.07) is 0. The first kappa shape index (κ1) is 8.83. The zero-order valence-electron chi connectivity index (χ0n) is 7.08. The van der Waals surface area contributed by atoms with E-state index in [9.17, 15) is 4.79 Å². The average molecular weight is 201 g/mol. The van der Waals surface area contributed by atoms with Crippen LogP contribution in [0.15, 0.2) is 9.95 Å². The fourth-order valence-corrected chi connectivity index (χ4v) is 2.15. The molecule has 0 amide bonds. The topological polar surface area (TPSA) is 70.8 Å². The van der Waals surface area contributed by atoms with E-state index < -0.39 is 0 Å². The van der Waals surface area contributed by atoms with Crippen LogP contribution in [0.1, 0.15) is 12.8 Å². The maximum absolute atomic E-state index is 10.7. The van der Waals surface area contributed by atoms with Gasteiger partial charge in [-0.1, -0.05) is 11.8 Å². The summed E-state index contributed by atoms with van der Waals surface area (Å²) in [4.78, 5) is 13.3. The van der Waals surface area contributed by atoms with Crippen molar-refractivity contribution in [2.24, 2.45) is 0 Å². The van der Waals surface area contributed by atoms with Crippen LogP contribution in [-0.2, 0) is 4.74 Å². The van der Waals surface area contributed by atoms with Gasteiger partial charge >= 0.3 is 5.69 Å². The minimum atomic E-state index is -0.255. The number of nitrogens with zero attached hydrogens (tertiary/aromatic N) is 1. The molecule has 1 aliphatic heterocycles. The van der Waals surface area contributed by atoms with Gasteiger partial charge in [-0.25, -0.2) is 9.89 Å². The number of ether oxygens (including phenoxy) is 1. The van der Waals surface area contributed by atoms with Crippen molar-refractivity contribution in [3.63, 3.8) is 0 Å². The molecule has 0 radical (unpaired) electrons. The van der Waals surface area contributed by atoms with Crippen LogP contribution in [0.2, 0.25) is 0 Å². The summed E-state index contributed by atoms with van der Waals surface area (Å²) in [5, 5.41) is 6.75. The summed E-state index contributed by atoms with van der Waals surface area (Å²) < 4.78 is 5.43. The van der Waals surface area contributed by atoms with Crippen molar-refractivity contribution in [1.82, 2.24) is 15.2 Å². The van der Waals surface area contributed by atoms with Crippen LogP contribution in [0.5, 0.6) is 0 Å². The van der Waals surface area contributed by atoms with Crippen LogP contribution in [-0.4, -0.2) is 33.6 Å². The molecule has 0 aliphatic carbocycles. The van der Waals surface area contributed by atoms with Crippen molar-refractivity contribution in [2.75, 3.05) is 12.4 Å². The third-order valence-corrected chi connectivity index (χ3v) is 2.91. The van der Waals surface area contributed by atoms with Gasteiger partial charge in [0.15, 0.2) is 5.16 Å². The first-order chi connectivity index (χ1) is 6.34. The van der Waals surface area contributed by atoms with E-state index in [0.29, 0.717) is 11.3 Å². The van der Waals surface area contributed by atoms with Crippen molar-refractivity contribution in [3.05, 3.63) is 10.5 Å².